The van der Waals surface area contributed by atoms with Gasteiger partial charge in [0.05, 0.1) is 5.75 Å². The minimum atomic E-state index is -3.19. The van der Waals surface area contributed by atoms with Crippen LogP contribution < -0.4 is 5.73 Å². The molecule has 5 heteroatoms. The highest BCUT2D eigenvalue weighted by atomic mass is 32.2. The molecule has 1 aromatic rings. The van der Waals surface area contributed by atoms with E-state index in [1.807, 2.05) is 0 Å². The van der Waals surface area contributed by atoms with Gasteiger partial charge in [0.25, 0.3) is 0 Å². The van der Waals surface area contributed by atoms with Crippen LogP contribution in [0.25, 0.3) is 0 Å². The van der Waals surface area contributed by atoms with Crippen molar-refractivity contribution in [3.63, 3.8) is 0 Å². The van der Waals surface area contributed by atoms with Crippen molar-refractivity contribution in [2.75, 3.05) is 12.0 Å². The van der Waals surface area contributed by atoms with E-state index in [-0.39, 0.29) is 11.3 Å². The molecule has 0 fully saturated rings. The summed E-state index contributed by atoms with van der Waals surface area (Å²) in [6.45, 7) is 1.80. The van der Waals surface area contributed by atoms with Gasteiger partial charge < -0.3 is 5.73 Å². The first-order valence-corrected chi connectivity index (χ1v) is 6.55. The molecular formula is C10H14FNO2S. The fraction of sp³-hybridized carbons (Fsp3) is 0.400. The Morgan fingerprint density at radius 2 is 2.07 bits per heavy atom. The molecule has 0 aliphatic carbocycles. The third-order valence-electron chi connectivity index (χ3n) is 2.03. The molecule has 0 spiro atoms. The molecule has 1 atom stereocenters. The second-order valence-corrected chi connectivity index (χ2v) is 5.91. The van der Waals surface area contributed by atoms with Crippen molar-refractivity contribution in [3.8, 4) is 0 Å². The molecule has 0 radical (unpaired) electrons. The van der Waals surface area contributed by atoms with E-state index in [2.05, 4.69) is 0 Å². The van der Waals surface area contributed by atoms with Gasteiger partial charge in [-0.15, -0.1) is 0 Å². The topological polar surface area (TPSA) is 60.2 Å². The zero-order chi connectivity index (χ0) is 11.6. The lowest BCUT2D eigenvalue weighted by Gasteiger charge is -2.12. The average molecular weight is 231 g/mol. The van der Waals surface area contributed by atoms with Gasteiger partial charge in [0.1, 0.15) is 15.7 Å². The van der Waals surface area contributed by atoms with Crippen molar-refractivity contribution < 1.29 is 12.8 Å². The number of aryl methyl sites for hydroxylation is 1. The Kier molecular flexibility index (Phi) is 3.46. The molecule has 0 aliphatic heterocycles. The maximum Gasteiger partial charge on any atom is 0.149 e. The SMILES string of the molecule is Cc1ccc(F)c(C(N)CS(C)(=O)=O)c1. The molecule has 0 aliphatic rings. The molecule has 3 nitrogen and oxygen atoms in total. The zero-order valence-corrected chi connectivity index (χ0v) is 9.51. The molecule has 0 amide bonds. The van der Waals surface area contributed by atoms with Crippen LogP contribution in [0.3, 0.4) is 0 Å². The van der Waals surface area contributed by atoms with Crippen LogP contribution in [0, 0.1) is 12.7 Å². The van der Waals surface area contributed by atoms with Crippen molar-refractivity contribution in [3.05, 3.63) is 35.1 Å². The summed E-state index contributed by atoms with van der Waals surface area (Å²) >= 11 is 0. The molecule has 0 bridgehead atoms. The first-order valence-electron chi connectivity index (χ1n) is 4.49. The summed E-state index contributed by atoms with van der Waals surface area (Å²) in [4.78, 5) is 0. The Bertz CT molecular complexity index is 456. The molecule has 0 saturated carbocycles. The summed E-state index contributed by atoms with van der Waals surface area (Å²) in [6, 6.07) is 3.68. The largest absolute Gasteiger partial charge is 0.323 e. The molecule has 1 aromatic carbocycles. The lowest BCUT2D eigenvalue weighted by Crippen LogP contribution is -2.22. The highest BCUT2D eigenvalue weighted by Crippen LogP contribution is 2.17. The van der Waals surface area contributed by atoms with E-state index in [9.17, 15) is 12.8 Å². The first-order chi connectivity index (χ1) is 6.79. The number of rotatable bonds is 3. The van der Waals surface area contributed by atoms with Gasteiger partial charge in [-0.2, -0.15) is 0 Å². The van der Waals surface area contributed by atoms with E-state index >= 15 is 0 Å². The number of sulfone groups is 1. The van der Waals surface area contributed by atoms with E-state index in [1.54, 1.807) is 19.1 Å². The average Bonchev–Trinajstić information content (AvgIpc) is 2.06. The maximum absolute atomic E-state index is 13.3. The number of hydrogen-bond donors (Lipinski definition) is 1. The monoisotopic (exact) mass is 231 g/mol. The Labute approximate surface area is 89.0 Å². The predicted octanol–water partition coefficient (Wildman–Crippen LogP) is 1.18. The second kappa shape index (κ2) is 4.28. The van der Waals surface area contributed by atoms with Gasteiger partial charge in [-0.1, -0.05) is 17.7 Å². The lowest BCUT2D eigenvalue weighted by molar-refractivity contribution is 0.578. The van der Waals surface area contributed by atoms with Crippen LogP contribution in [0.1, 0.15) is 17.2 Å². The molecule has 0 aromatic heterocycles. The van der Waals surface area contributed by atoms with Crippen LogP contribution in [0.4, 0.5) is 4.39 Å². The number of hydrogen-bond acceptors (Lipinski definition) is 3. The third kappa shape index (κ3) is 3.60. The molecule has 0 saturated heterocycles. The van der Waals surface area contributed by atoms with Crippen molar-refractivity contribution in [1.29, 1.82) is 0 Å². The zero-order valence-electron chi connectivity index (χ0n) is 8.70. The fourth-order valence-electron chi connectivity index (χ4n) is 1.36. The van der Waals surface area contributed by atoms with E-state index < -0.39 is 21.7 Å². The van der Waals surface area contributed by atoms with E-state index in [0.29, 0.717) is 0 Å². The highest BCUT2D eigenvalue weighted by Gasteiger charge is 2.16. The first kappa shape index (κ1) is 12.1. The van der Waals surface area contributed by atoms with Crippen molar-refractivity contribution in [2.45, 2.75) is 13.0 Å². The fourth-order valence-corrected chi connectivity index (χ4v) is 2.20. The minimum Gasteiger partial charge on any atom is -0.323 e. The molecule has 2 N–H and O–H groups in total. The van der Waals surface area contributed by atoms with Crippen molar-refractivity contribution in [1.82, 2.24) is 0 Å². The van der Waals surface area contributed by atoms with Crippen LogP contribution in [0.15, 0.2) is 18.2 Å². The Morgan fingerprint density at radius 1 is 1.47 bits per heavy atom. The van der Waals surface area contributed by atoms with Crippen LogP contribution in [-0.4, -0.2) is 20.4 Å². The normalized spacial score (nSPS) is 13.9. The van der Waals surface area contributed by atoms with Crippen LogP contribution >= 0.6 is 0 Å². The van der Waals surface area contributed by atoms with E-state index in [4.69, 9.17) is 5.73 Å². The summed E-state index contributed by atoms with van der Waals surface area (Å²) in [5.74, 6) is -0.704. The molecule has 1 unspecified atom stereocenters. The third-order valence-corrected chi connectivity index (χ3v) is 3.00. The maximum atomic E-state index is 13.3. The number of benzene rings is 1. The van der Waals surface area contributed by atoms with Gasteiger partial charge in [-0.25, -0.2) is 12.8 Å². The summed E-state index contributed by atoms with van der Waals surface area (Å²) in [5.41, 5.74) is 6.74. The highest BCUT2D eigenvalue weighted by molar-refractivity contribution is 7.90. The molecule has 15 heavy (non-hydrogen) atoms. The Hall–Kier alpha value is -0.940. The quantitative estimate of drug-likeness (QED) is 0.849. The number of nitrogens with two attached hydrogens (primary N) is 1. The molecular weight excluding hydrogens is 217 g/mol. The summed E-state index contributed by atoms with van der Waals surface area (Å²) in [5, 5.41) is 0. The van der Waals surface area contributed by atoms with Gasteiger partial charge in [0.2, 0.25) is 0 Å². The van der Waals surface area contributed by atoms with E-state index in [1.165, 1.54) is 6.07 Å². The van der Waals surface area contributed by atoms with Crippen LogP contribution in [0.5, 0.6) is 0 Å². The van der Waals surface area contributed by atoms with Crippen molar-refractivity contribution >= 4 is 9.84 Å². The second-order valence-electron chi connectivity index (χ2n) is 3.72. The van der Waals surface area contributed by atoms with Gasteiger partial charge in [0.15, 0.2) is 0 Å². The molecule has 1 rings (SSSR count). The smallest absolute Gasteiger partial charge is 0.149 e. The van der Waals surface area contributed by atoms with Crippen LogP contribution in [-0.2, 0) is 9.84 Å². The predicted molar refractivity (Wildman–Crippen MR) is 57.8 cm³/mol. The van der Waals surface area contributed by atoms with Gasteiger partial charge in [0, 0.05) is 17.9 Å². The standard InChI is InChI=1S/C10H14FNO2S/c1-7-3-4-9(11)8(5-7)10(12)6-15(2,13)14/h3-5,10H,6,12H2,1-2H3. The summed E-state index contributed by atoms with van der Waals surface area (Å²) < 4.78 is 35.3. The van der Waals surface area contributed by atoms with Gasteiger partial charge in [-0.05, 0) is 13.0 Å². The van der Waals surface area contributed by atoms with Crippen molar-refractivity contribution in [2.24, 2.45) is 5.73 Å². The number of halogens is 1. The van der Waals surface area contributed by atoms with Gasteiger partial charge >= 0.3 is 0 Å². The van der Waals surface area contributed by atoms with Gasteiger partial charge in [-0.3, -0.25) is 0 Å². The summed E-state index contributed by atoms with van der Waals surface area (Å²) in [7, 11) is -3.19. The summed E-state index contributed by atoms with van der Waals surface area (Å²) in [6.07, 6.45) is 1.08. The minimum absolute atomic E-state index is 0.243. The Balaban J connectivity index is 3.00. The molecule has 0 heterocycles. The lowest BCUT2D eigenvalue weighted by atomic mass is 10.1. The van der Waals surface area contributed by atoms with Crippen LogP contribution in [0.2, 0.25) is 0 Å². The van der Waals surface area contributed by atoms with E-state index in [0.717, 1.165) is 11.8 Å². The molecule has 84 valence electrons. The Morgan fingerprint density at radius 3 is 2.60 bits per heavy atom.